The molecule has 1 amide bonds. The van der Waals surface area contributed by atoms with E-state index in [0.29, 0.717) is 9.24 Å². The van der Waals surface area contributed by atoms with Gasteiger partial charge in [-0.25, -0.2) is 0 Å². The van der Waals surface area contributed by atoms with E-state index in [9.17, 15) is 14.9 Å². The van der Waals surface area contributed by atoms with Crippen LogP contribution in [0.3, 0.4) is 0 Å². The van der Waals surface area contributed by atoms with Gasteiger partial charge in [0.05, 0.1) is 9.82 Å². The average Bonchev–Trinajstić information content (AvgIpc) is 2.74. The van der Waals surface area contributed by atoms with Gasteiger partial charge in [-0.3, -0.25) is 14.9 Å². The van der Waals surface area contributed by atoms with E-state index in [4.69, 9.17) is 5.73 Å². The van der Waals surface area contributed by atoms with Crippen molar-refractivity contribution in [2.45, 2.75) is 16.2 Å². The number of nitrogens with two attached hydrogens (primary N) is 1. The molecule has 2 N–H and O–H groups in total. The Bertz CT molecular complexity index is 656. The zero-order valence-electron chi connectivity index (χ0n) is 9.69. The van der Waals surface area contributed by atoms with E-state index in [2.05, 4.69) is 10.2 Å². The van der Waals surface area contributed by atoms with Gasteiger partial charge in [-0.2, -0.15) is 0 Å². The van der Waals surface area contributed by atoms with Gasteiger partial charge in [0, 0.05) is 11.6 Å². The predicted octanol–water partition coefficient (Wildman–Crippen LogP) is 2.00. The Morgan fingerprint density at radius 3 is 2.74 bits per heavy atom. The summed E-state index contributed by atoms with van der Waals surface area (Å²) in [6, 6.07) is 4.10. The molecule has 19 heavy (non-hydrogen) atoms. The monoisotopic (exact) mass is 296 g/mol. The van der Waals surface area contributed by atoms with Crippen molar-refractivity contribution in [2.75, 3.05) is 0 Å². The highest BCUT2D eigenvalue weighted by molar-refractivity contribution is 8.01. The lowest BCUT2D eigenvalue weighted by molar-refractivity contribution is -0.387. The smallest absolute Gasteiger partial charge is 0.284 e. The standard InChI is InChI=1S/C10H8N4O3S2/c1-5-12-13-10(18-5)19-8-3-2-6(9(11)15)4-7(8)14(16)17/h2-4H,1H3,(H2,11,15). The first-order valence-electron chi connectivity index (χ1n) is 5.03. The fraction of sp³-hybridized carbons (Fsp3) is 0.100. The minimum absolute atomic E-state index is 0.101. The minimum Gasteiger partial charge on any atom is -0.366 e. The molecular weight excluding hydrogens is 288 g/mol. The molecule has 0 saturated carbocycles. The number of carbonyl (C=O) groups excluding carboxylic acids is 1. The third-order valence-electron chi connectivity index (χ3n) is 2.14. The van der Waals surface area contributed by atoms with Gasteiger partial charge in [0.1, 0.15) is 5.01 Å². The molecule has 1 aromatic carbocycles. The Morgan fingerprint density at radius 2 is 2.21 bits per heavy atom. The SMILES string of the molecule is Cc1nnc(Sc2ccc(C(N)=O)cc2[N+](=O)[O-])s1. The second-order valence-electron chi connectivity index (χ2n) is 3.49. The van der Waals surface area contributed by atoms with E-state index >= 15 is 0 Å². The minimum atomic E-state index is -0.702. The number of amides is 1. The highest BCUT2D eigenvalue weighted by atomic mass is 32.2. The second kappa shape index (κ2) is 5.33. The number of carbonyl (C=O) groups is 1. The van der Waals surface area contributed by atoms with E-state index in [1.165, 1.54) is 29.5 Å². The molecule has 0 aliphatic carbocycles. The van der Waals surface area contributed by atoms with Crippen molar-refractivity contribution in [1.82, 2.24) is 10.2 Å². The summed E-state index contributed by atoms with van der Waals surface area (Å²) in [5.41, 5.74) is 5.03. The molecule has 1 heterocycles. The van der Waals surface area contributed by atoms with Gasteiger partial charge in [-0.15, -0.1) is 10.2 Å². The molecular formula is C10H8N4O3S2. The number of nitro benzene ring substituents is 1. The summed E-state index contributed by atoms with van der Waals surface area (Å²) >= 11 is 2.47. The van der Waals surface area contributed by atoms with Crippen LogP contribution in [-0.2, 0) is 0 Å². The lowest BCUT2D eigenvalue weighted by Gasteiger charge is -2.01. The Balaban J connectivity index is 2.39. The maximum Gasteiger partial charge on any atom is 0.284 e. The van der Waals surface area contributed by atoms with Crippen LogP contribution in [0.1, 0.15) is 15.4 Å². The first-order valence-corrected chi connectivity index (χ1v) is 6.67. The number of aryl methyl sites for hydroxylation is 1. The molecule has 0 aliphatic heterocycles. The van der Waals surface area contributed by atoms with E-state index in [0.717, 1.165) is 16.8 Å². The highest BCUT2D eigenvalue weighted by Crippen LogP contribution is 2.36. The van der Waals surface area contributed by atoms with Gasteiger partial charge in [0.25, 0.3) is 5.69 Å². The van der Waals surface area contributed by atoms with E-state index < -0.39 is 10.8 Å². The number of hydrogen-bond acceptors (Lipinski definition) is 7. The molecule has 9 heteroatoms. The molecule has 0 spiro atoms. The summed E-state index contributed by atoms with van der Waals surface area (Å²) in [6.45, 7) is 1.80. The van der Waals surface area contributed by atoms with Crippen molar-refractivity contribution in [2.24, 2.45) is 5.73 Å². The molecule has 0 radical (unpaired) electrons. The average molecular weight is 296 g/mol. The zero-order valence-corrected chi connectivity index (χ0v) is 11.3. The van der Waals surface area contributed by atoms with Crippen LogP contribution in [0.5, 0.6) is 0 Å². The molecule has 2 aromatic rings. The summed E-state index contributed by atoms with van der Waals surface area (Å²) in [6.07, 6.45) is 0. The number of benzene rings is 1. The predicted molar refractivity (Wildman–Crippen MR) is 70.4 cm³/mol. The molecule has 98 valence electrons. The van der Waals surface area contributed by atoms with Gasteiger partial charge in [-0.1, -0.05) is 23.1 Å². The summed E-state index contributed by atoms with van der Waals surface area (Å²) in [7, 11) is 0. The van der Waals surface area contributed by atoms with Crippen LogP contribution in [0.15, 0.2) is 27.4 Å². The maximum absolute atomic E-state index is 11.0. The number of hydrogen-bond donors (Lipinski definition) is 1. The molecule has 0 aliphatic rings. The van der Waals surface area contributed by atoms with Crippen molar-refractivity contribution in [3.8, 4) is 0 Å². The molecule has 0 bridgehead atoms. The van der Waals surface area contributed by atoms with Crippen LogP contribution >= 0.6 is 23.1 Å². The zero-order chi connectivity index (χ0) is 14.0. The fourth-order valence-corrected chi connectivity index (χ4v) is 3.17. The van der Waals surface area contributed by atoms with Gasteiger partial charge >= 0.3 is 0 Å². The van der Waals surface area contributed by atoms with Crippen molar-refractivity contribution in [3.63, 3.8) is 0 Å². The van der Waals surface area contributed by atoms with Crippen molar-refractivity contribution < 1.29 is 9.72 Å². The Morgan fingerprint density at radius 1 is 1.47 bits per heavy atom. The Kier molecular flexibility index (Phi) is 3.76. The summed E-state index contributed by atoms with van der Waals surface area (Å²) < 4.78 is 0.604. The van der Waals surface area contributed by atoms with Crippen LogP contribution in [-0.4, -0.2) is 21.0 Å². The number of nitro groups is 1. The number of nitrogens with zero attached hydrogens (tertiary/aromatic N) is 3. The fourth-order valence-electron chi connectivity index (χ4n) is 1.31. The van der Waals surface area contributed by atoms with Crippen LogP contribution in [0.2, 0.25) is 0 Å². The van der Waals surface area contributed by atoms with E-state index in [1.54, 1.807) is 6.92 Å². The van der Waals surface area contributed by atoms with Gasteiger partial charge < -0.3 is 5.73 Å². The normalized spacial score (nSPS) is 10.4. The maximum atomic E-state index is 11.0. The first kappa shape index (κ1) is 13.4. The number of primary amides is 1. The topological polar surface area (TPSA) is 112 Å². The van der Waals surface area contributed by atoms with Crippen LogP contribution in [0.25, 0.3) is 0 Å². The molecule has 2 rings (SSSR count). The number of rotatable bonds is 4. The highest BCUT2D eigenvalue weighted by Gasteiger charge is 2.18. The third kappa shape index (κ3) is 3.06. The Hall–Kier alpha value is -2.00. The lowest BCUT2D eigenvalue weighted by atomic mass is 10.2. The van der Waals surface area contributed by atoms with Crippen LogP contribution in [0, 0.1) is 17.0 Å². The van der Waals surface area contributed by atoms with Gasteiger partial charge in [-0.05, 0) is 19.1 Å². The van der Waals surface area contributed by atoms with Crippen molar-refractivity contribution in [1.29, 1.82) is 0 Å². The second-order valence-corrected chi connectivity index (χ2v) is 5.96. The first-order chi connectivity index (χ1) is 8.97. The van der Waals surface area contributed by atoms with E-state index in [1.807, 2.05) is 0 Å². The Labute approximate surface area is 116 Å². The van der Waals surface area contributed by atoms with Crippen molar-refractivity contribution in [3.05, 3.63) is 38.9 Å². The van der Waals surface area contributed by atoms with Crippen LogP contribution in [0.4, 0.5) is 5.69 Å². The number of aromatic nitrogens is 2. The summed E-state index contributed by atoms with van der Waals surface area (Å²) in [5.74, 6) is -0.702. The molecule has 7 nitrogen and oxygen atoms in total. The van der Waals surface area contributed by atoms with Gasteiger partial charge in [0.15, 0.2) is 4.34 Å². The van der Waals surface area contributed by atoms with Crippen LogP contribution < -0.4 is 5.73 Å². The molecule has 0 fully saturated rings. The lowest BCUT2D eigenvalue weighted by Crippen LogP contribution is -2.11. The molecule has 0 saturated heterocycles. The molecule has 0 atom stereocenters. The third-order valence-corrected chi connectivity index (χ3v) is 4.10. The van der Waals surface area contributed by atoms with Crippen molar-refractivity contribution >= 4 is 34.7 Å². The largest absolute Gasteiger partial charge is 0.366 e. The summed E-state index contributed by atoms with van der Waals surface area (Å²) in [5, 5.41) is 19.5. The quantitative estimate of drug-likeness (QED) is 0.682. The molecule has 0 unspecified atom stereocenters. The summed E-state index contributed by atoms with van der Waals surface area (Å²) in [4.78, 5) is 21.9. The van der Waals surface area contributed by atoms with Gasteiger partial charge in [0.2, 0.25) is 5.91 Å². The molecule has 1 aromatic heterocycles. The van der Waals surface area contributed by atoms with E-state index in [-0.39, 0.29) is 11.3 Å².